The molecular weight excluding hydrogens is 286 g/mol. The highest BCUT2D eigenvalue weighted by Crippen LogP contribution is 2.29. The number of carbonyl (C=O) groups excluding carboxylic acids is 2. The van der Waals surface area contributed by atoms with Crippen LogP contribution in [0.25, 0.3) is 0 Å². The summed E-state index contributed by atoms with van der Waals surface area (Å²) in [6.45, 7) is 0. The summed E-state index contributed by atoms with van der Waals surface area (Å²) in [6, 6.07) is 16.5. The summed E-state index contributed by atoms with van der Waals surface area (Å²) in [4.78, 5) is 25.9. The average Bonchev–Trinajstić information content (AvgIpc) is 2.76. The van der Waals surface area contributed by atoms with Crippen LogP contribution >= 0.6 is 11.6 Å². The molecule has 3 nitrogen and oxygen atoms in total. The van der Waals surface area contributed by atoms with Crippen molar-refractivity contribution in [2.45, 2.75) is 12.8 Å². The number of rotatable bonds is 3. The fourth-order valence-corrected chi connectivity index (χ4v) is 2.74. The monoisotopic (exact) mass is 299 g/mol. The molecule has 0 radical (unpaired) electrons. The Kier molecular flexibility index (Phi) is 3.76. The maximum atomic E-state index is 12.5. The highest BCUT2D eigenvalue weighted by molar-refractivity contribution is 6.30. The molecule has 2 amide bonds. The Hall–Kier alpha value is -2.13. The predicted molar refractivity (Wildman–Crippen MR) is 82.2 cm³/mol. The first-order valence-corrected chi connectivity index (χ1v) is 7.19. The van der Waals surface area contributed by atoms with Gasteiger partial charge in [-0.15, -0.1) is 0 Å². The van der Waals surface area contributed by atoms with E-state index in [1.165, 1.54) is 4.90 Å². The van der Waals surface area contributed by atoms with Gasteiger partial charge in [-0.25, -0.2) is 0 Å². The van der Waals surface area contributed by atoms with Crippen molar-refractivity contribution in [3.05, 3.63) is 65.2 Å². The largest absolute Gasteiger partial charge is 0.274 e. The van der Waals surface area contributed by atoms with Crippen molar-refractivity contribution >= 4 is 29.1 Å². The van der Waals surface area contributed by atoms with Gasteiger partial charge in [0.05, 0.1) is 11.6 Å². The molecule has 3 rings (SSSR count). The summed E-state index contributed by atoms with van der Waals surface area (Å²) >= 11 is 5.84. The van der Waals surface area contributed by atoms with Crippen LogP contribution < -0.4 is 4.90 Å². The van der Waals surface area contributed by atoms with E-state index in [9.17, 15) is 9.59 Å². The van der Waals surface area contributed by atoms with E-state index in [1.807, 2.05) is 30.3 Å². The Morgan fingerprint density at radius 2 is 1.67 bits per heavy atom. The van der Waals surface area contributed by atoms with Crippen molar-refractivity contribution in [2.75, 3.05) is 4.90 Å². The molecule has 1 aliphatic heterocycles. The molecule has 1 atom stereocenters. The first-order chi connectivity index (χ1) is 10.1. The summed E-state index contributed by atoms with van der Waals surface area (Å²) < 4.78 is 0. The van der Waals surface area contributed by atoms with Crippen LogP contribution in [0.5, 0.6) is 0 Å². The molecule has 2 aromatic rings. The number of nitrogens with zero attached hydrogens (tertiary/aromatic N) is 1. The van der Waals surface area contributed by atoms with Crippen molar-refractivity contribution in [1.29, 1.82) is 0 Å². The number of anilines is 1. The molecule has 106 valence electrons. The number of imide groups is 1. The van der Waals surface area contributed by atoms with E-state index in [4.69, 9.17) is 11.6 Å². The topological polar surface area (TPSA) is 37.4 Å². The Labute approximate surface area is 128 Å². The van der Waals surface area contributed by atoms with Crippen LogP contribution in [0.2, 0.25) is 5.02 Å². The molecule has 1 aliphatic rings. The third kappa shape index (κ3) is 2.83. The second-order valence-corrected chi connectivity index (χ2v) is 5.57. The lowest BCUT2D eigenvalue weighted by Gasteiger charge is -2.15. The SMILES string of the molecule is O=C1C[C@H](Cc2ccccc2)C(=O)N1c1ccc(Cl)cc1. The summed E-state index contributed by atoms with van der Waals surface area (Å²) in [5, 5.41) is 0.582. The molecule has 21 heavy (non-hydrogen) atoms. The molecule has 0 N–H and O–H groups in total. The van der Waals surface area contributed by atoms with Gasteiger partial charge >= 0.3 is 0 Å². The molecule has 0 aliphatic carbocycles. The third-order valence-corrected chi connectivity index (χ3v) is 3.90. The van der Waals surface area contributed by atoms with Crippen molar-refractivity contribution in [1.82, 2.24) is 0 Å². The van der Waals surface area contributed by atoms with Crippen molar-refractivity contribution < 1.29 is 9.59 Å². The third-order valence-electron chi connectivity index (χ3n) is 3.65. The maximum absolute atomic E-state index is 12.5. The summed E-state index contributed by atoms with van der Waals surface area (Å²) in [5.41, 5.74) is 1.66. The number of hydrogen-bond donors (Lipinski definition) is 0. The van der Waals surface area contributed by atoms with Crippen LogP contribution in [0.15, 0.2) is 54.6 Å². The molecule has 4 heteroatoms. The van der Waals surface area contributed by atoms with Gasteiger partial charge in [-0.05, 0) is 36.2 Å². The number of amides is 2. The average molecular weight is 300 g/mol. The van der Waals surface area contributed by atoms with Crippen molar-refractivity contribution in [3.8, 4) is 0 Å². The predicted octanol–water partition coefficient (Wildman–Crippen LogP) is 3.46. The van der Waals surface area contributed by atoms with Gasteiger partial charge in [0, 0.05) is 11.4 Å². The number of hydrogen-bond acceptors (Lipinski definition) is 2. The van der Waals surface area contributed by atoms with Crippen LogP contribution in [0, 0.1) is 5.92 Å². The minimum absolute atomic E-state index is 0.133. The Balaban J connectivity index is 1.80. The van der Waals surface area contributed by atoms with Crippen LogP contribution in [-0.4, -0.2) is 11.8 Å². The maximum Gasteiger partial charge on any atom is 0.237 e. The van der Waals surface area contributed by atoms with Crippen LogP contribution in [0.1, 0.15) is 12.0 Å². The Morgan fingerprint density at radius 1 is 1.00 bits per heavy atom. The van der Waals surface area contributed by atoms with E-state index < -0.39 is 0 Å². The molecule has 2 aromatic carbocycles. The molecule has 1 saturated heterocycles. The van der Waals surface area contributed by atoms with E-state index in [1.54, 1.807) is 24.3 Å². The van der Waals surface area contributed by atoms with Gasteiger partial charge in [-0.1, -0.05) is 41.9 Å². The second-order valence-electron chi connectivity index (χ2n) is 5.13. The van der Waals surface area contributed by atoms with Gasteiger partial charge in [-0.2, -0.15) is 0 Å². The normalized spacial score (nSPS) is 18.3. The van der Waals surface area contributed by atoms with E-state index in [0.29, 0.717) is 17.1 Å². The van der Waals surface area contributed by atoms with Gasteiger partial charge < -0.3 is 0 Å². The molecule has 0 saturated carbocycles. The van der Waals surface area contributed by atoms with Gasteiger partial charge in [0.15, 0.2) is 0 Å². The van der Waals surface area contributed by atoms with E-state index in [0.717, 1.165) is 5.56 Å². The zero-order valence-electron chi connectivity index (χ0n) is 11.3. The van der Waals surface area contributed by atoms with Gasteiger partial charge in [0.25, 0.3) is 0 Å². The van der Waals surface area contributed by atoms with E-state index in [2.05, 4.69) is 0 Å². The Bertz CT molecular complexity index is 667. The smallest absolute Gasteiger partial charge is 0.237 e. The standard InChI is InChI=1S/C17H14ClNO2/c18-14-6-8-15(9-7-14)19-16(20)11-13(17(19)21)10-12-4-2-1-3-5-12/h1-9,13H,10-11H2/t13-/m0/s1. The molecule has 0 bridgehead atoms. The van der Waals surface area contributed by atoms with Crippen LogP contribution in [-0.2, 0) is 16.0 Å². The van der Waals surface area contributed by atoms with Crippen LogP contribution in [0.4, 0.5) is 5.69 Å². The Morgan fingerprint density at radius 3 is 2.33 bits per heavy atom. The van der Waals surface area contributed by atoms with Crippen molar-refractivity contribution in [3.63, 3.8) is 0 Å². The zero-order valence-corrected chi connectivity index (χ0v) is 12.1. The minimum Gasteiger partial charge on any atom is -0.274 e. The first-order valence-electron chi connectivity index (χ1n) is 6.81. The van der Waals surface area contributed by atoms with Gasteiger partial charge in [0.1, 0.15) is 0 Å². The van der Waals surface area contributed by atoms with Gasteiger partial charge in [-0.3, -0.25) is 14.5 Å². The molecule has 0 aromatic heterocycles. The number of halogens is 1. The zero-order chi connectivity index (χ0) is 14.8. The minimum atomic E-state index is -0.282. The number of carbonyl (C=O) groups is 2. The van der Waals surface area contributed by atoms with Gasteiger partial charge in [0.2, 0.25) is 11.8 Å². The number of benzene rings is 2. The summed E-state index contributed by atoms with van der Waals surface area (Å²) in [7, 11) is 0. The van der Waals surface area contributed by atoms with Crippen molar-refractivity contribution in [2.24, 2.45) is 5.92 Å². The fraction of sp³-hybridized carbons (Fsp3) is 0.176. The lowest BCUT2D eigenvalue weighted by atomic mass is 9.98. The van der Waals surface area contributed by atoms with E-state index >= 15 is 0 Å². The molecule has 0 spiro atoms. The molecule has 0 unspecified atom stereocenters. The van der Waals surface area contributed by atoms with E-state index in [-0.39, 0.29) is 24.2 Å². The second kappa shape index (κ2) is 5.70. The molecule has 1 fully saturated rings. The quantitative estimate of drug-likeness (QED) is 0.814. The summed E-state index contributed by atoms with van der Waals surface area (Å²) in [5.74, 6) is -0.565. The fourth-order valence-electron chi connectivity index (χ4n) is 2.61. The lowest BCUT2D eigenvalue weighted by Crippen LogP contribution is -2.30. The summed E-state index contributed by atoms with van der Waals surface area (Å²) in [6.07, 6.45) is 0.853. The van der Waals surface area contributed by atoms with Crippen LogP contribution in [0.3, 0.4) is 0 Å². The lowest BCUT2D eigenvalue weighted by molar-refractivity contribution is -0.122. The highest BCUT2D eigenvalue weighted by Gasteiger charge is 2.39. The highest BCUT2D eigenvalue weighted by atomic mass is 35.5. The first kappa shape index (κ1) is 13.8. The molecule has 1 heterocycles. The molecular formula is C17H14ClNO2.